The molecule has 3 aromatic carbocycles. The van der Waals surface area contributed by atoms with Gasteiger partial charge >= 0.3 is 0 Å². The average Bonchev–Trinajstić information content (AvgIpc) is 3.14. The molecule has 0 spiro atoms. The number of pyridine rings is 2. The van der Waals surface area contributed by atoms with Crippen LogP contribution in [-0.2, 0) is 0 Å². The molecule has 0 atom stereocenters. The van der Waals surface area contributed by atoms with Crippen molar-refractivity contribution < 1.29 is 0 Å². The van der Waals surface area contributed by atoms with Gasteiger partial charge in [0.05, 0.1) is 16.7 Å². The Labute approximate surface area is 173 Å². The van der Waals surface area contributed by atoms with Crippen molar-refractivity contribution in [3.05, 3.63) is 103 Å². The second-order valence-electron chi connectivity index (χ2n) is 7.27. The summed E-state index contributed by atoms with van der Waals surface area (Å²) in [6.45, 7) is 0. The molecule has 0 unspecified atom stereocenters. The molecule has 0 radical (unpaired) electrons. The predicted octanol–water partition coefficient (Wildman–Crippen LogP) is 6.47. The van der Waals surface area contributed by atoms with Gasteiger partial charge in [0.2, 0.25) is 0 Å². The van der Waals surface area contributed by atoms with E-state index in [1.807, 2.05) is 36.7 Å². The van der Waals surface area contributed by atoms with Crippen LogP contribution in [0.3, 0.4) is 0 Å². The van der Waals surface area contributed by atoms with Crippen LogP contribution in [-0.4, -0.2) is 14.5 Å². The van der Waals surface area contributed by atoms with E-state index < -0.39 is 0 Å². The summed E-state index contributed by atoms with van der Waals surface area (Å²) in [4.78, 5) is 9.08. The zero-order chi connectivity index (χ0) is 19.9. The van der Waals surface area contributed by atoms with Crippen molar-refractivity contribution in [3.63, 3.8) is 0 Å². The molecule has 0 saturated heterocycles. The van der Waals surface area contributed by atoms with Crippen molar-refractivity contribution in [2.45, 2.75) is 0 Å². The second-order valence-corrected chi connectivity index (χ2v) is 7.27. The highest BCUT2D eigenvalue weighted by atomic mass is 15.1. The molecule has 6 aromatic rings. The van der Waals surface area contributed by atoms with Crippen LogP contribution in [0, 0.1) is 0 Å². The highest BCUT2D eigenvalue weighted by Crippen LogP contribution is 2.32. The van der Waals surface area contributed by atoms with E-state index in [1.165, 1.54) is 21.8 Å². The fraction of sp³-hybridized carbons (Fsp3) is 0. The smallest absolute Gasteiger partial charge is 0.139 e. The van der Waals surface area contributed by atoms with Gasteiger partial charge in [0.1, 0.15) is 11.6 Å². The van der Waals surface area contributed by atoms with Crippen molar-refractivity contribution in [2.24, 2.45) is 0 Å². The molecule has 3 aromatic heterocycles. The number of fused-ring (bicyclic) bond motifs is 4. The van der Waals surface area contributed by atoms with Gasteiger partial charge in [-0.15, -0.1) is 0 Å². The fourth-order valence-corrected chi connectivity index (χ4v) is 4.17. The van der Waals surface area contributed by atoms with E-state index in [-0.39, 0.29) is 0 Å². The number of benzene rings is 3. The number of para-hydroxylation sites is 2. The van der Waals surface area contributed by atoms with Crippen LogP contribution in [0.5, 0.6) is 0 Å². The minimum atomic E-state index is 0.762. The van der Waals surface area contributed by atoms with E-state index in [9.17, 15) is 0 Å². The molecular formula is C26H18N4. The maximum absolute atomic E-state index is 4.55. The lowest BCUT2D eigenvalue weighted by Gasteiger charge is -2.11. The maximum atomic E-state index is 4.55. The largest absolute Gasteiger partial charge is 0.324 e. The third-order valence-electron chi connectivity index (χ3n) is 5.50. The summed E-state index contributed by atoms with van der Waals surface area (Å²) in [5.74, 6) is 1.57. The highest BCUT2D eigenvalue weighted by Gasteiger charge is 2.12. The minimum absolute atomic E-state index is 0.762. The van der Waals surface area contributed by atoms with Crippen molar-refractivity contribution >= 4 is 44.2 Å². The van der Waals surface area contributed by atoms with Crippen LogP contribution in [0.15, 0.2) is 103 Å². The lowest BCUT2D eigenvalue weighted by atomic mass is 10.1. The summed E-state index contributed by atoms with van der Waals surface area (Å²) < 4.78 is 2.29. The molecule has 30 heavy (non-hydrogen) atoms. The van der Waals surface area contributed by atoms with Gasteiger partial charge < -0.3 is 9.88 Å². The van der Waals surface area contributed by atoms with Gasteiger partial charge in [0.15, 0.2) is 0 Å². The Morgan fingerprint density at radius 2 is 1.23 bits per heavy atom. The number of aromatic nitrogens is 3. The first-order valence-corrected chi connectivity index (χ1v) is 9.94. The molecule has 0 bridgehead atoms. The van der Waals surface area contributed by atoms with Gasteiger partial charge in [0, 0.05) is 34.6 Å². The standard InChI is InChI=1S/C26H18N4/c1-2-8-20-18(7-1)13-15-28-26(20)29-25-17-19(14-16-27-25)30-23-11-5-3-9-21(23)22-10-4-6-12-24(22)30/h1-17H,(H,27,28,29). The second kappa shape index (κ2) is 6.71. The first-order valence-electron chi connectivity index (χ1n) is 9.94. The monoisotopic (exact) mass is 386 g/mol. The van der Waals surface area contributed by atoms with E-state index >= 15 is 0 Å². The highest BCUT2D eigenvalue weighted by molar-refractivity contribution is 6.09. The Morgan fingerprint density at radius 1 is 0.600 bits per heavy atom. The molecule has 0 fully saturated rings. The van der Waals surface area contributed by atoms with Gasteiger partial charge in [-0.25, -0.2) is 9.97 Å². The SMILES string of the molecule is c1ccc2c(Nc3cc(-n4c5ccccc5c5ccccc54)ccn3)nccc2c1. The van der Waals surface area contributed by atoms with E-state index in [1.54, 1.807) is 0 Å². The summed E-state index contributed by atoms with van der Waals surface area (Å²) >= 11 is 0. The van der Waals surface area contributed by atoms with Crippen molar-refractivity contribution in [1.82, 2.24) is 14.5 Å². The lowest BCUT2D eigenvalue weighted by molar-refractivity contribution is 1.15. The van der Waals surface area contributed by atoms with E-state index in [4.69, 9.17) is 0 Å². The van der Waals surface area contributed by atoms with Crippen molar-refractivity contribution in [3.8, 4) is 5.69 Å². The van der Waals surface area contributed by atoms with Crippen LogP contribution in [0.4, 0.5) is 11.6 Å². The lowest BCUT2D eigenvalue weighted by Crippen LogP contribution is -2.00. The number of rotatable bonds is 3. The molecule has 4 nitrogen and oxygen atoms in total. The summed E-state index contributed by atoms with van der Waals surface area (Å²) in [6, 6.07) is 31.4. The molecule has 142 valence electrons. The summed E-state index contributed by atoms with van der Waals surface area (Å²) in [6.07, 6.45) is 3.66. The first-order chi connectivity index (χ1) is 14.9. The Balaban J connectivity index is 1.51. The molecule has 0 aliphatic heterocycles. The number of nitrogens with one attached hydrogen (secondary N) is 1. The molecule has 0 amide bonds. The van der Waals surface area contributed by atoms with Crippen molar-refractivity contribution in [2.75, 3.05) is 5.32 Å². The van der Waals surface area contributed by atoms with Gasteiger partial charge in [-0.3, -0.25) is 0 Å². The molecule has 3 heterocycles. The molecule has 0 aliphatic rings. The summed E-state index contributed by atoms with van der Waals surface area (Å²) in [5.41, 5.74) is 3.42. The summed E-state index contributed by atoms with van der Waals surface area (Å²) in [5, 5.41) is 8.12. The third kappa shape index (κ3) is 2.62. The zero-order valence-corrected chi connectivity index (χ0v) is 16.2. The zero-order valence-electron chi connectivity index (χ0n) is 16.2. The maximum Gasteiger partial charge on any atom is 0.139 e. The first kappa shape index (κ1) is 16.7. The van der Waals surface area contributed by atoms with E-state index in [0.29, 0.717) is 0 Å². The van der Waals surface area contributed by atoms with Crippen molar-refractivity contribution in [1.29, 1.82) is 0 Å². The number of hydrogen-bond donors (Lipinski definition) is 1. The molecule has 6 rings (SSSR count). The van der Waals surface area contributed by atoms with Crippen LogP contribution in [0.2, 0.25) is 0 Å². The Morgan fingerprint density at radius 3 is 2.00 bits per heavy atom. The van der Waals surface area contributed by atoms with Crippen LogP contribution in [0.25, 0.3) is 38.3 Å². The van der Waals surface area contributed by atoms with E-state index in [0.717, 1.165) is 28.1 Å². The van der Waals surface area contributed by atoms with Crippen LogP contribution >= 0.6 is 0 Å². The predicted molar refractivity (Wildman–Crippen MR) is 124 cm³/mol. The van der Waals surface area contributed by atoms with E-state index in [2.05, 4.69) is 86.6 Å². The average molecular weight is 386 g/mol. The van der Waals surface area contributed by atoms with Gasteiger partial charge in [-0.1, -0.05) is 60.7 Å². The minimum Gasteiger partial charge on any atom is -0.324 e. The van der Waals surface area contributed by atoms with Crippen LogP contribution < -0.4 is 5.32 Å². The molecule has 0 saturated carbocycles. The molecule has 1 N–H and O–H groups in total. The quantitative estimate of drug-likeness (QED) is 0.379. The number of anilines is 2. The number of hydrogen-bond acceptors (Lipinski definition) is 3. The topological polar surface area (TPSA) is 42.7 Å². The van der Waals surface area contributed by atoms with Gasteiger partial charge in [-0.2, -0.15) is 0 Å². The van der Waals surface area contributed by atoms with Gasteiger partial charge in [-0.05, 0) is 29.7 Å². The molecular weight excluding hydrogens is 368 g/mol. The fourth-order valence-electron chi connectivity index (χ4n) is 4.17. The molecule has 4 heteroatoms. The van der Waals surface area contributed by atoms with Crippen LogP contribution in [0.1, 0.15) is 0 Å². The normalized spacial score (nSPS) is 11.3. The molecule has 0 aliphatic carbocycles. The Hall–Kier alpha value is -4.18. The third-order valence-corrected chi connectivity index (χ3v) is 5.50. The number of nitrogens with zero attached hydrogens (tertiary/aromatic N) is 3. The summed E-state index contributed by atoms with van der Waals surface area (Å²) in [7, 11) is 0. The Bertz CT molecular complexity index is 1470. The van der Waals surface area contributed by atoms with Gasteiger partial charge in [0.25, 0.3) is 0 Å². The Kier molecular flexibility index (Phi) is 3.74.